The van der Waals surface area contributed by atoms with Crippen molar-refractivity contribution < 1.29 is 0 Å². The smallest absolute Gasteiger partial charge is 0.120 e. The van der Waals surface area contributed by atoms with Gasteiger partial charge in [0.25, 0.3) is 0 Å². The van der Waals surface area contributed by atoms with E-state index < -0.39 is 0 Å². The van der Waals surface area contributed by atoms with E-state index in [0.29, 0.717) is 5.92 Å². The molecule has 0 radical (unpaired) electrons. The van der Waals surface area contributed by atoms with E-state index in [4.69, 9.17) is 4.98 Å². The van der Waals surface area contributed by atoms with Gasteiger partial charge in [0.15, 0.2) is 0 Å². The second-order valence-electron chi connectivity index (χ2n) is 7.38. The van der Waals surface area contributed by atoms with Crippen molar-refractivity contribution in [2.24, 2.45) is 0 Å². The van der Waals surface area contributed by atoms with Crippen LogP contribution < -0.4 is 0 Å². The standard InChI is InChI=1S/C26H26N2S/c1-5-7-8-9-10-11-18(4)26-28-23-15-13-20-21-16-19(17(3)6-2)12-14-22(21)27-24(20)25(23)29-26/h6-10,12-17,27H,2,4-5,11H2,1,3H3/b8-7-,10-9?. The molecule has 0 aliphatic carbocycles. The Kier molecular flexibility index (Phi) is 5.50. The van der Waals surface area contributed by atoms with Gasteiger partial charge in [0.1, 0.15) is 5.01 Å². The number of hydrogen-bond donors (Lipinski definition) is 1. The molecule has 29 heavy (non-hydrogen) atoms. The summed E-state index contributed by atoms with van der Waals surface area (Å²) in [5.74, 6) is 0.339. The van der Waals surface area contributed by atoms with Crippen LogP contribution in [-0.4, -0.2) is 9.97 Å². The minimum Gasteiger partial charge on any atom is -0.353 e. The van der Waals surface area contributed by atoms with Crippen molar-refractivity contribution in [3.63, 3.8) is 0 Å². The summed E-state index contributed by atoms with van der Waals surface area (Å²) in [7, 11) is 0. The third-order valence-corrected chi connectivity index (χ3v) is 6.51. The third kappa shape index (κ3) is 3.70. The molecule has 1 N–H and O–H groups in total. The number of H-pyrrole nitrogens is 1. The summed E-state index contributed by atoms with van der Waals surface area (Å²) in [6.45, 7) is 12.5. The van der Waals surface area contributed by atoms with Crippen molar-refractivity contribution in [3.8, 4) is 0 Å². The SMILES string of the molecule is C=CC(C)c1ccc2[nH]c3c(ccc4nc(C(=C)CC=C/C=C\CC)sc43)c2c1. The molecule has 0 saturated heterocycles. The van der Waals surface area contributed by atoms with Crippen LogP contribution >= 0.6 is 11.3 Å². The van der Waals surface area contributed by atoms with Gasteiger partial charge in [-0.25, -0.2) is 4.98 Å². The minimum absolute atomic E-state index is 0.339. The summed E-state index contributed by atoms with van der Waals surface area (Å²) in [5.41, 5.74) is 5.69. The van der Waals surface area contributed by atoms with Gasteiger partial charge < -0.3 is 4.98 Å². The number of allylic oxidation sites excluding steroid dienone is 6. The van der Waals surface area contributed by atoms with E-state index in [2.05, 4.69) is 86.6 Å². The molecule has 2 aromatic heterocycles. The number of aromatic nitrogens is 2. The predicted molar refractivity (Wildman–Crippen MR) is 130 cm³/mol. The van der Waals surface area contributed by atoms with Gasteiger partial charge in [-0.05, 0) is 54.2 Å². The zero-order valence-corrected chi connectivity index (χ0v) is 17.9. The lowest BCUT2D eigenvalue weighted by Gasteiger charge is -2.05. The Morgan fingerprint density at radius 2 is 2.00 bits per heavy atom. The van der Waals surface area contributed by atoms with Crippen LogP contribution in [-0.2, 0) is 0 Å². The van der Waals surface area contributed by atoms with Crippen molar-refractivity contribution in [2.45, 2.75) is 32.6 Å². The quantitative estimate of drug-likeness (QED) is 0.247. The van der Waals surface area contributed by atoms with Crippen LogP contribution in [0.5, 0.6) is 0 Å². The summed E-state index contributed by atoms with van der Waals surface area (Å²) in [4.78, 5) is 8.46. The predicted octanol–water partition coefficient (Wildman–Crippen LogP) is 8.15. The highest BCUT2D eigenvalue weighted by atomic mass is 32.1. The summed E-state index contributed by atoms with van der Waals surface area (Å²) in [5, 5.41) is 3.51. The molecule has 0 fully saturated rings. The molecule has 4 aromatic rings. The Labute approximate surface area is 176 Å². The number of nitrogens with zero attached hydrogens (tertiary/aromatic N) is 1. The summed E-state index contributed by atoms with van der Waals surface area (Å²) < 4.78 is 1.20. The molecule has 0 aliphatic rings. The fraction of sp³-hybridized carbons (Fsp3) is 0.192. The molecule has 2 aromatic carbocycles. The molecule has 2 nitrogen and oxygen atoms in total. The number of aromatic amines is 1. The van der Waals surface area contributed by atoms with Crippen molar-refractivity contribution in [1.82, 2.24) is 9.97 Å². The van der Waals surface area contributed by atoms with E-state index in [0.717, 1.165) is 34.5 Å². The van der Waals surface area contributed by atoms with E-state index >= 15 is 0 Å². The largest absolute Gasteiger partial charge is 0.353 e. The number of fused-ring (bicyclic) bond motifs is 5. The van der Waals surface area contributed by atoms with Gasteiger partial charge in [-0.3, -0.25) is 0 Å². The van der Waals surface area contributed by atoms with Gasteiger partial charge in [0, 0.05) is 16.3 Å². The average Bonchev–Trinajstić information content (AvgIpc) is 3.33. The highest BCUT2D eigenvalue weighted by molar-refractivity contribution is 7.20. The van der Waals surface area contributed by atoms with E-state index in [9.17, 15) is 0 Å². The maximum absolute atomic E-state index is 4.84. The average molecular weight is 399 g/mol. The highest BCUT2D eigenvalue weighted by Gasteiger charge is 2.14. The molecule has 1 atom stereocenters. The maximum atomic E-state index is 4.84. The maximum Gasteiger partial charge on any atom is 0.120 e. The van der Waals surface area contributed by atoms with E-state index in [-0.39, 0.29) is 0 Å². The lowest BCUT2D eigenvalue weighted by atomic mass is 9.99. The molecular formula is C26H26N2S. The van der Waals surface area contributed by atoms with Crippen LogP contribution in [0.1, 0.15) is 43.2 Å². The summed E-state index contributed by atoms with van der Waals surface area (Å²) in [6.07, 6.45) is 12.3. The zero-order valence-electron chi connectivity index (χ0n) is 17.0. The molecule has 146 valence electrons. The van der Waals surface area contributed by atoms with E-state index in [1.54, 1.807) is 11.3 Å². The molecule has 1 unspecified atom stereocenters. The fourth-order valence-corrected chi connectivity index (χ4v) is 4.58. The first-order chi connectivity index (χ1) is 14.1. The minimum atomic E-state index is 0.339. The Bertz CT molecular complexity index is 1270. The van der Waals surface area contributed by atoms with Crippen LogP contribution in [0.4, 0.5) is 0 Å². The van der Waals surface area contributed by atoms with Crippen LogP contribution in [0.15, 0.2) is 73.9 Å². The molecule has 0 spiro atoms. The van der Waals surface area contributed by atoms with Crippen molar-refractivity contribution >= 4 is 48.9 Å². The first-order valence-electron chi connectivity index (χ1n) is 10.1. The van der Waals surface area contributed by atoms with Gasteiger partial charge in [-0.1, -0.05) is 56.9 Å². The Hall–Kier alpha value is -2.91. The van der Waals surface area contributed by atoms with Crippen molar-refractivity contribution in [3.05, 3.63) is 84.4 Å². The third-order valence-electron chi connectivity index (χ3n) is 5.32. The molecule has 0 bridgehead atoms. The van der Waals surface area contributed by atoms with Gasteiger partial charge in [-0.2, -0.15) is 0 Å². The van der Waals surface area contributed by atoms with Crippen LogP contribution in [0.3, 0.4) is 0 Å². The molecule has 0 aliphatic heterocycles. The highest BCUT2D eigenvalue weighted by Crippen LogP contribution is 2.37. The molecule has 2 heterocycles. The normalized spacial score (nSPS) is 13.3. The van der Waals surface area contributed by atoms with Gasteiger partial charge in [-0.15, -0.1) is 17.9 Å². The van der Waals surface area contributed by atoms with Crippen molar-refractivity contribution in [1.29, 1.82) is 0 Å². The lowest BCUT2D eigenvalue weighted by Crippen LogP contribution is -1.87. The molecule has 3 heteroatoms. The van der Waals surface area contributed by atoms with Gasteiger partial charge >= 0.3 is 0 Å². The topological polar surface area (TPSA) is 28.7 Å². The summed E-state index contributed by atoms with van der Waals surface area (Å²) in [6, 6.07) is 10.9. The fourth-order valence-electron chi connectivity index (χ4n) is 3.53. The van der Waals surface area contributed by atoms with Crippen LogP contribution in [0, 0.1) is 0 Å². The molecule has 0 amide bonds. The second-order valence-corrected chi connectivity index (χ2v) is 8.38. The van der Waals surface area contributed by atoms with Gasteiger partial charge in [0.2, 0.25) is 0 Å². The lowest BCUT2D eigenvalue weighted by molar-refractivity contribution is 0.974. The van der Waals surface area contributed by atoms with Gasteiger partial charge in [0.05, 0.1) is 15.7 Å². The zero-order chi connectivity index (χ0) is 20.4. The number of nitrogens with one attached hydrogen (secondary N) is 1. The number of rotatable bonds is 7. The Morgan fingerprint density at radius 3 is 2.79 bits per heavy atom. The van der Waals surface area contributed by atoms with Crippen LogP contribution in [0.2, 0.25) is 0 Å². The Balaban J connectivity index is 1.74. The second kappa shape index (κ2) is 8.22. The summed E-state index contributed by atoms with van der Waals surface area (Å²) >= 11 is 1.72. The first kappa shape index (κ1) is 19.4. The van der Waals surface area contributed by atoms with E-state index in [1.165, 1.54) is 26.6 Å². The molecule has 0 saturated carbocycles. The van der Waals surface area contributed by atoms with Crippen LogP contribution in [0.25, 0.3) is 37.6 Å². The number of thiazole rings is 1. The van der Waals surface area contributed by atoms with E-state index in [1.807, 2.05) is 6.08 Å². The molecule has 4 rings (SSSR count). The number of benzene rings is 2. The first-order valence-corrected chi connectivity index (χ1v) is 10.9. The monoisotopic (exact) mass is 398 g/mol. The molecular weight excluding hydrogens is 372 g/mol. The number of hydrogen-bond acceptors (Lipinski definition) is 2. The Morgan fingerprint density at radius 1 is 1.17 bits per heavy atom. The van der Waals surface area contributed by atoms with Crippen molar-refractivity contribution in [2.75, 3.05) is 0 Å².